The average molecular weight is 1020 g/mol. The zero-order chi connectivity index (χ0) is 52.8. The van der Waals surface area contributed by atoms with Gasteiger partial charge in [-0.2, -0.15) is 0 Å². The second kappa shape index (κ2) is 19.5. The number of alkyl halides is 3. The highest BCUT2D eigenvalue weighted by Gasteiger charge is 2.78. The molecular formula is C56H79F3O11S. The number of allylic oxidation sites excluding steroid dienone is 6. The number of halogens is 3. The van der Waals surface area contributed by atoms with E-state index in [1.54, 1.807) is 20.8 Å². The Morgan fingerprint density at radius 3 is 2.17 bits per heavy atom. The fourth-order valence-electron chi connectivity index (χ4n) is 17.4. The summed E-state index contributed by atoms with van der Waals surface area (Å²) in [5.74, 6) is -4.21. The molecule has 0 bridgehead atoms. The van der Waals surface area contributed by atoms with Crippen molar-refractivity contribution in [1.82, 2.24) is 0 Å². The average Bonchev–Trinajstić information content (AvgIpc) is 3.68. The fraction of sp³-hybridized carbons (Fsp3) is 0.768. The first kappa shape index (κ1) is 55.5. The second-order valence-electron chi connectivity index (χ2n) is 24.2. The van der Waals surface area contributed by atoms with Crippen LogP contribution in [-0.4, -0.2) is 97.1 Å². The topological polar surface area (TPSA) is 185 Å². The number of hydrogen-bond donors (Lipinski definition) is 4. The van der Waals surface area contributed by atoms with Gasteiger partial charge in [-0.05, 0) is 172 Å². The summed E-state index contributed by atoms with van der Waals surface area (Å²) in [6, 6.07) is -1.02. The van der Waals surface area contributed by atoms with Crippen molar-refractivity contribution in [2.75, 3.05) is 6.01 Å². The van der Waals surface area contributed by atoms with Gasteiger partial charge < -0.3 is 29.9 Å². The van der Waals surface area contributed by atoms with Crippen molar-refractivity contribution < 1.29 is 67.0 Å². The number of aliphatic hydroxyl groups is 3. The Hall–Kier alpha value is -3.27. The number of carboxylic acids is 1. The maximum Gasteiger partial charge on any atom is 0.331 e. The molecule has 0 amide bonds. The number of carbonyl (C=O) groups is 5. The predicted molar refractivity (Wildman–Crippen MR) is 263 cm³/mol. The van der Waals surface area contributed by atoms with Gasteiger partial charge in [0.15, 0.2) is 17.1 Å². The zero-order valence-electron chi connectivity index (χ0n) is 43.6. The number of ketones is 1. The van der Waals surface area contributed by atoms with Crippen molar-refractivity contribution in [2.24, 2.45) is 68.5 Å². The molecular weight excluding hydrogens is 938 g/mol. The minimum atomic E-state index is -2.30. The number of thioether (sulfide) groups is 1. The highest BCUT2D eigenvalue weighted by atomic mass is 32.2. The highest BCUT2D eigenvalue weighted by Crippen LogP contribution is 2.75. The van der Waals surface area contributed by atoms with Crippen molar-refractivity contribution in [3.05, 3.63) is 46.6 Å². The van der Waals surface area contributed by atoms with Gasteiger partial charge in [-0.3, -0.25) is 19.2 Å². The Labute approximate surface area is 422 Å². The molecule has 7 fully saturated rings. The lowest BCUT2D eigenvalue weighted by molar-refractivity contribution is -0.234. The Kier molecular flexibility index (Phi) is 15.2. The number of hydrogen-bond acceptors (Lipinski definition) is 11. The van der Waals surface area contributed by atoms with Crippen molar-refractivity contribution in [3.8, 4) is 0 Å². The van der Waals surface area contributed by atoms with Crippen LogP contribution in [-0.2, 0) is 33.4 Å². The summed E-state index contributed by atoms with van der Waals surface area (Å²) in [6.07, 6.45) is 6.38. The van der Waals surface area contributed by atoms with Crippen LogP contribution in [0.15, 0.2) is 46.6 Å². The van der Waals surface area contributed by atoms with Crippen molar-refractivity contribution in [2.45, 2.75) is 195 Å². The molecule has 8 aliphatic carbocycles. The van der Waals surface area contributed by atoms with Gasteiger partial charge in [-0.25, -0.2) is 18.0 Å². The largest absolute Gasteiger partial charge is 0.478 e. The molecule has 0 aliphatic heterocycles. The SMILES string of the molecule is CC(=O)O[C@H]1C[C@@]2(C)[C@@H](C[C@@H](O)[C@H]3[C@@]4(C)CC[C@@H](O)[C@@H](C)[C@@H]4CC[C@@]32C)/C1=C(\CCC=C(C)C)C(=O)O.CCC(=O)O[C@]1(C(=O)SCF)[C@H](C)C[C@H]2[C@@H]3C[C@H](F)C4=CC(=O)C=C[C@]4(C)[C@@]3(F)[C@@H](O)C[C@@]21C. The molecule has 8 aliphatic rings. The maximum atomic E-state index is 17.2. The summed E-state index contributed by atoms with van der Waals surface area (Å²) in [4.78, 5) is 62.6. The van der Waals surface area contributed by atoms with Crippen molar-refractivity contribution in [3.63, 3.8) is 0 Å². The number of carboxylic acid groups (broad SMARTS) is 1. The number of fused-ring (bicyclic) bond motifs is 10. The number of rotatable bonds is 9. The molecule has 0 heterocycles. The number of aliphatic hydroxyl groups excluding tert-OH is 3. The van der Waals surface area contributed by atoms with E-state index in [1.165, 1.54) is 26.0 Å². The van der Waals surface area contributed by atoms with Crippen LogP contribution in [0.25, 0.3) is 0 Å². The Morgan fingerprint density at radius 1 is 0.887 bits per heavy atom. The molecule has 0 aromatic carbocycles. The summed E-state index contributed by atoms with van der Waals surface area (Å²) < 4.78 is 57.7. The monoisotopic (exact) mass is 1020 g/mol. The van der Waals surface area contributed by atoms with E-state index in [0.717, 1.165) is 42.9 Å². The van der Waals surface area contributed by atoms with Crippen LogP contribution in [0.5, 0.6) is 0 Å². The second-order valence-corrected chi connectivity index (χ2v) is 25.1. The third-order valence-electron chi connectivity index (χ3n) is 20.8. The normalized spacial score (nSPS) is 46.8. The quantitative estimate of drug-likeness (QED) is 0.0975. The van der Waals surface area contributed by atoms with E-state index in [1.807, 2.05) is 19.9 Å². The van der Waals surface area contributed by atoms with E-state index >= 15 is 8.78 Å². The first-order chi connectivity index (χ1) is 33.0. The van der Waals surface area contributed by atoms with Gasteiger partial charge in [0.05, 0.1) is 18.3 Å². The molecule has 0 aromatic rings. The molecule has 7 saturated carbocycles. The lowest BCUT2D eigenvalue weighted by Crippen LogP contribution is -2.70. The summed E-state index contributed by atoms with van der Waals surface area (Å²) in [5.41, 5.74) is -5.27. The van der Waals surface area contributed by atoms with Crippen molar-refractivity contribution in [1.29, 1.82) is 0 Å². The summed E-state index contributed by atoms with van der Waals surface area (Å²) in [7, 11) is 0. The molecule has 0 saturated heterocycles. The van der Waals surface area contributed by atoms with Crippen LogP contribution in [0.3, 0.4) is 0 Å². The summed E-state index contributed by atoms with van der Waals surface area (Å²) >= 11 is 0.396. The molecule has 4 N–H and O–H groups in total. The number of aliphatic carboxylic acids is 1. The number of esters is 2. The molecule has 396 valence electrons. The van der Waals surface area contributed by atoms with Gasteiger partial charge in [0.1, 0.15) is 18.3 Å². The minimum absolute atomic E-state index is 0.0141. The Bertz CT molecular complexity index is 2290. The van der Waals surface area contributed by atoms with Gasteiger partial charge >= 0.3 is 17.9 Å². The minimum Gasteiger partial charge on any atom is -0.478 e. The van der Waals surface area contributed by atoms with Crippen LogP contribution < -0.4 is 0 Å². The smallest absolute Gasteiger partial charge is 0.331 e. The van der Waals surface area contributed by atoms with E-state index in [9.17, 15) is 48.8 Å². The molecule has 19 atom stereocenters. The third kappa shape index (κ3) is 8.28. The Balaban J connectivity index is 0.000000209. The van der Waals surface area contributed by atoms with Crippen LogP contribution in [0.1, 0.15) is 153 Å². The van der Waals surface area contributed by atoms with Gasteiger partial charge in [-0.1, -0.05) is 66.2 Å². The van der Waals surface area contributed by atoms with Crippen LogP contribution in [0.2, 0.25) is 0 Å². The summed E-state index contributed by atoms with van der Waals surface area (Å²) in [5, 5.41) is 43.6. The third-order valence-corrected chi connectivity index (χ3v) is 21.5. The molecule has 0 radical (unpaired) electrons. The standard InChI is InChI=1S/C31H48O6.C25H31F3O5S/c1-17(2)9-8-10-20(28(35)36)26-22-15-24(34)27-29(5)13-12-23(33)18(3)21(29)11-14-30(27,6)31(22,7)16-25(26)37-19(4)32;1-5-20(31)33-25(21(32)34-12-26)13(2)8-15-16-10-18(27)17-9-14(29)6-7-22(17,3)24(16,28)19(30)11-23(15,25)4/h9,18,21-25,27,33-34H,8,10-16H2,1-7H3,(H,35,36);6-7,9,13,15-16,18-19,30H,5,8,10-12H2,1-4H3/b26-20-;/t18-,21-,22-,23+,24+,25-,27-,29-,30-,31-;13-,15+,16+,18+,19+,22+,23+,24+,25+/m01/s1. The first-order valence-corrected chi connectivity index (χ1v) is 27.0. The zero-order valence-corrected chi connectivity index (χ0v) is 44.4. The van der Waals surface area contributed by atoms with Crippen molar-refractivity contribution >= 4 is 40.6 Å². The lowest BCUT2D eigenvalue weighted by Gasteiger charge is -2.69. The molecule has 71 heavy (non-hydrogen) atoms. The van der Waals surface area contributed by atoms with Gasteiger partial charge in [0, 0.05) is 41.6 Å². The highest BCUT2D eigenvalue weighted by molar-refractivity contribution is 8.13. The molecule has 0 unspecified atom stereocenters. The molecule has 0 aromatic heterocycles. The van der Waals surface area contributed by atoms with E-state index in [2.05, 4.69) is 27.7 Å². The van der Waals surface area contributed by atoms with Crippen LogP contribution in [0.4, 0.5) is 13.2 Å². The van der Waals surface area contributed by atoms with Crippen LogP contribution >= 0.6 is 11.8 Å². The van der Waals surface area contributed by atoms with E-state index in [4.69, 9.17) is 9.47 Å². The first-order valence-electron chi connectivity index (χ1n) is 26.0. The van der Waals surface area contributed by atoms with E-state index < -0.39 is 99.2 Å². The fourth-order valence-corrected chi connectivity index (χ4v) is 18.2. The number of ether oxygens (including phenoxy) is 2. The van der Waals surface area contributed by atoms with E-state index in [-0.39, 0.29) is 71.4 Å². The predicted octanol–water partition coefficient (Wildman–Crippen LogP) is 10.1. The number of carbonyl (C=O) groups excluding carboxylic acids is 4. The molecule has 15 heteroatoms. The molecule has 11 nitrogen and oxygen atoms in total. The van der Waals surface area contributed by atoms with Gasteiger partial charge in [0.25, 0.3) is 0 Å². The van der Waals surface area contributed by atoms with E-state index in [0.29, 0.717) is 48.9 Å². The Morgan fingerprint density at radius 2 is 1.56 bits per heavy atom. The van der Waals surface area contributed by atoms with Gasteiger partial charge in [-0.15, -0.1) is 0 Å². The summed E-state index contributed by atoms with van der Waals surface area (Å²) in [6.45, 7) is 20.9. The maximum absolute atomic E-state index is 17.2. The van der Waals surface area contributed by atoms with Gasteiger partial charge in [0.2, 0.25) is 5.12 Å². The van der Waals surface area contributed by atoms with Crippen LogP contribution in [0, 0.1) is 68.5 Å². The molecule has 8 rings (SSSR count). The lowest BCUT2D eigenvalue weighted by atomic mass is 9.36. The molecule has 0 spiro atoms.